The molecule has 1 aromatic heterocycles. The number of aromatic nitrogens is 1. The van der Waals surface area contributed by atoms with Crippen molar-refractivity contribution in [2.45, 2.75) is 37.1 Å². The van der Waals surface area contributed by atoms with E-state index in [4.69, 9.17) is 5.26 Å². The van der Waals surface area contributed by atoms with Crippen LogP contribution in [0, 0.1) is 11.5 Å². The summed E-state index contributed by atoms with van der Waals surface area (Å²) in [6, 6.07) is 14.3. The van der Waals surface area contributed by atoms with Crippen molar-refractivity contribution in [1.82, 2.24) is 20.9 Å². The van der Waals surface area contributed by atoms with E-state index in [1.54, 1.807) is 31.6 Å². The fourth-order valence-corrected chi connectivity index (χ4v) is 4.04. The van der Waals surface area contributed by atoms with Gasteiger partial charge in [-0.3, -0.25) is 9.78 Å². The number of nitrogens with zero attached hydrogens (tertiary/aromatic N) is 3. The molecule has 1 aliphatic rings. The second kappa shape index (κ2) is 10.9. The van der Waals surface area contributed by atoms with Gasteiger partial charge in [-0.05, 0) is 55.0 Å². The molecule has 160 valence electrons. The first kappa shape index (κ1) is 22.0. The molecular formula is C24H28N6O. The van der Waals surface area contributed by atoms with Crippen LogP contribution in [0.2, 0.25) is 0 Å². The van der Waals surface area contributed by atoms with E-state index in [1.807, 2.05) is 36.5 Å². The Bertz CT molecular complexity index is 941. The highest BCUT2D eigenvalue weighted by Crippen LogP contribution is 2.39. The molecule has 1 heterocycles. The molecule has 0 spiro atoms. The van der Waals surface area contributed by atoms with Crippen LogP contribution in [-0.2, 0) is 10.2 Å². The number of benzene rings is 1. The molecular weight excluding hydrogens is 388 g/mol. The molecule has 0 radical (unpaired) electrons. The number of guanidine groups is 1. The quantitative estimate of drug-likeness (QED) is 0.291. The molecule has 1 aromatic carbocycles. The molecule has 3 N–H and O–H groups in total. The first-order chi connectivity index (χ1) is 15.1. The van der Waals surface area contributed by atoms with Gasteiger partial charge in [-0.25, -0.2) is 0 Å². The summed E-state index contributed by atoms with van der Waals surface area (Å²) < 4.78 is 0. The highest BCUT2D eigenvalue weighted by Gasteiger charge is 2.37. The third kappa shape index (κ3) is 6.16. The van der Waals surface area contributed by atoms with Crippen LogP contribution in [0.1, 0.15) is 36.8 Å². The van der Waals surface area contributed by atoms with Crippen molar-refractivity contribution in [2.75, 3.05) is 13.6 Å². The lowest BCUT2D eigenvalue weighted by molar-refractivity contribution is -0.116. The molecule has 0 aliphatic heterocycles. The van der Waals surface area contributed by atoms with Crippen LogP contribution in [-0.4, -0.2) is 36.5 Å². The van der Waals surface area contributed by atoms with Gasteiger partial charge in [-0.15, -0.1) is 4.99 Å². The molecule has 3 rings (SSSR count). The summed E-state index contributed by atoms with van der Waals surface area (Å²) in [5.74, 6) is 0.389. The first-order valence-electron chi connectivity index (χ1n) is 10.5. The molecule has 1 saturated carbocycles. The van der Waals surface area contributed by atoms with Gasteiger partial charge >= 0.3 is 0 Å². The average Bonchev–Trinajstić information content (AvgIpc) is 2.83. The van der Waals surface area contributed by atoms with Gasteiger partial charge in [0.15, 0.2) is 0 Å². The molecule has 0 bridgehead atoms. The fraction of sp³-hybridized carbons (Fsp3) is 0.333. The molecule has 0 atom stereocenters. The van der Waals surface area contributed by atoms with Gasteiger partial charge in [0.2, 0.25) is 18.1 Å². The van der Waals surface area contributed by atoms with E-state index >= 15 is 0 Å². The SMILES string of the molecule is CN/C(=N\C#N)N[C@H]1CC[C@](CNC(=O)/C=C/c2ccncc2)(c2ccccc2)CC1. The number of nitrogens with one attached hydrogen (secondary N) is 3. The lowest BCUT2D eigenvalue weighted by atomic mass is 9.68. The van der Waals surface area contributed by atoms with E-state index < -0.39 is 0 Å². The maximum Gasteiger partial charge on any atom is 0.244 e. The Labute approximate surface area is 183 Å². The van der Waals surface area contributed by atoms with Crippen LogP contribution in [0.15, 0.2) is 65.9 Å². The minimum Gasteiger partial charge on any atom is -0.359 e. The van der Waals surface area contributed by atoms with E-state index in [9.17, 15) is 4.79 Å². The molecule has 0 unspecified atom stereocenters. The Hall–Kier alpha value is -3.66. The summed E-state index contributed by atoms with van der Waals surface area (Å²) in [5, 5.41) is 18.1. The van der Waals surface area contributed by atoms with Crippen LogP contribution in [0.4, 0.5) is 0 Å². The van der Waals surface area contributed by atoms with Gasteiger partial charge in [-0.1, -0.05) is 30.3 Å². The van der Waals surface area contributed by atoms with E-state index in [0.29, 0.717) is 12.5 Å². The number of carbonyl (C=O) groups excluding carboxylic acids is 1. The van der Waals surface area contributed by atoms with E-state index in [-0.39, 0.29) is 17.4 Å². The zero-order valence-electron chi connectivity index (χ0n) is 17.7. The summed E-state index contributed by atoms with van der Waals surface area (Å²) in [6.45, 7) is 0.578. The van der Waals surface area contributed by atoms with E-state index in [2.05, 4.69) is 38.1 Å². The molecule has 7 nitrogen and oxygen atoms in total. The highest BCUT2D eigenvalue weighted by atomic mass is 16.1. The Kier molecular flexibility index (Phi) is 7.77. The maximum absolute atomic E-state index is 12.5. The van der Waals surface area contributed by atoms with Crippen molar-refractivity contribution >= 4 is 17.9 Å². The normalized spacial score (nSPS) is 21.3. The van der Waals surface area contributed by atoms with E-state index in [0.717, 1.165) is 31.2 Å². The number of amides is 1. The summed E-state index contributed by atoms with van der Waals surface area (Å²) in [6.07, 6.45) is 12.3. The number of carbonyl (C=O) groups is 1. The van der Waals surface area contributed by atoms with Crippen molar-refractivity contribution in [2.24, 2.45) is 4.99 Å². The summed E-state index contributed by atoms with van der Waals surface area (Å²) in [5.41, 5.74) is 2.06. The molecule has 31 heavy (non-hydrogen) atoms. The van der Waals surface area contributed by atoms with Gasteiger partial charge in [0.05, 0.1) is 0 Å². The Morgan fingerprint density at radius 3 is 2.58 bits per heavy atom. The molecule has 1 fully saturated rings. The Balaban J connectivity index is 1.66. The number of hydrogen-bond donors (Lipinski definition) is 3. The largest absolute Gasteiger partial charge is 0.359 e. The zero-order valence-corrected chi connectivity index (χ0v) is 17.7. The lowest BCUT2D eigenvalue weighted by Crippen LogP contribution is -2.49. The van der Waals surface area contributed by atoms with Crippen molar-refractivity contribution in [3.8, 4) is 6.19 Å². The van der Waals surface area contributed by atoms with Crippen LogP contribution in [0.5, 0.6) is 0 Å². The minimum absolute atomic E-state index is 0.106. The number of aliphatic imine (C=N–C) groups is 1. The van der Waals surface area contributed by atoms with Gasteiger partial charge in [-0.2, -0.15) is 5.26 Å². The van der Waals surface area contributed by atoms with Crippen LogP contribution >= 0.6 is 0 Å². The molecule has 7 heteroatoms. The number of rotatable bonds is 6. The second-order valence-electron chi connectivity index (χ2n) is 7.71. The molecule has 0 saturated heterocycles. The Morgan fingerprint density at radius 1 is 1.23 bits per heavy atom. The number of pyridine rings is 1. The standard InChI is InChI=1S/C24H28N6O/c1-26-23(29-18-25)30-21-9-13-24(14-10-21,20-5-3-2-4-6-20)17-28-22(31)8-7-19-11-15-27-16-12-19/h2-8,11-12,15-16,21H,9-10,13-14,17H2,1H3,(H,28,31)(H2,26,29,30)/b8-7+/t21-,24-. The van der Waals surface area contributed by atoms with E-state index in [1.165, 1.54) is 5.56 Å². The fourth-order valence-electron chi connectivity index (χ4n) is 4.04. The smallest absolute Gasteiger partial charge is 0.244 e. The Morgan fingerprint density at radius 2 is 1.94 bits per heavy atom. The summed E-state index contributed by atoms with van der Waals surface area (Å²) >= 11 is 0. The minimum atomic E-state index is -0.119. The van der Waals surface area contributed by atoms with Gasteiger partial charge < -0.3 is 16.0 Å². The molecule has 1 aliphatic carbocycles. The van der Waals surface area contributed by atoms with Crippen LogP contribution in [0.3, 0.4) is 0 Å². The maximum atomic E-state index is 12.5. The van der Waals surface area contributed by atoms with Gasteiger partial charge in [0, 0.05) is 43.5 Å². The van der Waals surface area contributed by atoms with Crippen LogP contribution < -0.4 is 16.0 Å². The third-order valence-corrected chi connectivity index (χ3v) is 5.80. The zero-order chi connectivity index (χ0) is 21.9. The average molecular weight is 417 g/mol. The van der Waals surface area contributed by atoms with Crippen molar-refractivity contribution in [1.29, 1.82) is 5.26 Å². The monoisotopic (exact) mass is 416 g/mol. The first-order valence-corrected chi connectivity index (χ1v) is 10.5. The van der Waals surface area contributed by atoms with Crippen molar-refractivity contribution in [3.63, 3.8) is 0 Å². The van der Waals surface area contributed by atoms with Gasteiger partial charge in [0.25, 0.3) is 0 Å². The predicted octanol–water partition coefficient (Wildman–Crippen LogP) is 2.74. The lowest BCUT2D eigenvalue weighted by Gasteiger charge is -2.41. The van der Waals surface area contributed by atoms with Crippen molar-refractivity contribution in [3.05, 3.63) is 72.1 Å². The number of hydrogen-bond acceptors (Lipinski definition) is 4. The van der Waals surface area contributed by atoms with Crippen LogP contribution in [0.25, 0.3) is 6.08 Å². The molecule has 2 aromatic rings. The summed E-state index contributed by atoms with van der Waals surface area (Å²) in [4.78, 5) is 20.2. The third-order valence-electron chi connectivity index (χ3n) is 5.80. The molecule has 1 amide bonds. The van der Waals surface area contributed by atoms with Crippen molar-refractivity contribution < 1.29 is 4.79 Å². The highest BCUT2D eigenvalue weighted by molar-refractivity contribution is 5.91. The predicted molar refractivity (Wildman–Crippen MR) is 122 cm³/mol. The summed E-state index contributed by atoms with van der Waals surface area (Å²) in [7, 11) is 1.75. The topological polar surface area (TPSA) is 102 Å². The second-order valence-corrected chi connectivity index (χ2v) is 7.71. The van der Waals surface area contributed by atoms with Gasteiger partial charge in [0.1, 0.15) is 0 Å². The number of nitriles is 1.